The van der Waals surface area contributed by atoms with Gasteiger partial charge in [-0.1, -0.05) is 84.6 Å². The number of rotatable bonds is 4. The number of benzene rings is 4. The molecule has 0 saturated carbocycles. The molecule has 0 bridgehead atoms. The number of carboxylic acid groups (broad SMARTS) is 1. The van der Waals surface area contributed by atoms with Crippen LogP contribution in [0.2, 0.25) is 0 Å². The molecule has 4 aromatic carbocycles. The number of carbonyl (C=O) groups is 1. The molecule has 1 unspecified atom stereocenters. The van der Waals surface area contributed by atoms with Crippen molar-refractivity contribution in [2.24, 2.45) is 4.99 Å². The van der Waals surface area contributed by atoms with Crippen LogP contribution in [0.1, 0.15) is 11.1 Å². The molecule has 0 fully saturated rings. The van der Waals surface area contributed by atoms with E-state index in [0.717, 1.165) is 27.1 Å². The summed E-state index contributed by atoms with van der Waals surface area (Å²) in [6.07, 6.45) is 0.129. The maximum atomic E-state index is 12.2. The fourth-order valence-corrected chi connectivity index (χ4v) is 3.34. The van der Waals surface area contributed by atoms with Gasteiger partial charge in [0.2, 0.25) is 0 Å². The molecule has 0 saturated heterocycles. The van der Waals surface area contributed by atoms with Gasteiger partial charge in [0.15, 0.2) is 6.04 Å². The third-order valence-corrected chi connectivity index (χ3v) is 4.86. The Bertz CT molecular complexity index is 1330. The van der Waals surface area contributed by atoms with Gasteiger partial charge in [0.05, 0.1) is 0 Å². The minimum Gasteiger partial charge on any atom is -0.853 e. The Morgan fingerprint density at radius 1 is 0.871 bits per heavy atom. The standard InChI is InChI=1S/C26H19NO3.Na/c28-25(14-11-18-9-12-20-5-1-3-7-22(20)15-18)27-24(26(29)30)17-19-10-13-21-6-2-4-8-23(21)16-19;/h1-10,12-13,15-16,24H,17H2,(H,27,28)(H,29,30);/q;+1/p-1. The number of aliphatic carboxylic acids is 1. The molecule has 5 heteroatoms. The quantitative estimate of drug-likeness (QED) is 0.232. The molecule has 0 aliphatic heterocycles. The van der Waals surface area contributed by atoms with Gasteiger partial charge in [0.1, 0.15) is 0 Å². The van der Waals surface area contributed by atoms with Crippen LogP contribution in [0.5, 0.6) is 0 Å². The molecule has 4 rings (SSSR count). The zero-order valence-corrected chi connectivity index (χ0v) is 19.1. The zero-order chi connectivity index (χ0) is 20.9. The van der Waals surface area contributed by atoms with E-state index in [1.165, 1.54) is 0 Å². The average Bonchev–Trinajstić information content (AvgIpc) is 2.77. The predicted molar refractivity (Wildman–Crippen MR) is 117 cm³/mol. The SMILES string of the molecule is O=C(O)C(Cc1ccc2ccccc2c1)N=C([O-])C#Cc1ccc2ccccc2c1.[Na+]. The summed E-state index contributed by atoms with van der Waals surface area (Å²) < 4.78 is 0. The second-order valence-corrected chi connectivity index (χ2v) is 6.99. The van der Waals surface area contributed by atoms with E-state index < -0.39 is 17.9 Å². The zero-order valence-electron chi connectivity index (χ0n) is 17.1. The Hall–Kier alpha value is -3.10. The molecule has 0 spiro atoms. The molecule has 4 nitrogen and oxygen atoms in total. The molecule has 0 aromatic heterocycles. The molecule has 0 aliphatic carbocycles. The van der Waals surface area contributed by atoms with Crippen LogP contribution < -0.4 is 34.7 Å². The van der Waals surface area contributed by atoms with E-state index in [1.54, 1.807) is 0 Å². The molecule has 0 amide bonds. The Morgan fingerprint density at radius 2 is 1.45 bits per heavy atom. The predicted octanol–water partition coefficient (Wildman–Crippen LogP) is 0.803. The number of carboxylic acids is 1. The molecule has 31 heavy (non-hydrogen) atoms. The first kappa shape index (κ1) is 22.6. The van der Waals surface area contributed by atoms with Gasteiger partial charge in [-0.2, -0.15) is 0 Å². The average molecular weight is 415 g/mol. The summed E-state index contributed by atoms with van der Waals surface area (Å²) in [5.41, 5.74) is 1.48. The molecular formula is C26H18NNaO3. The van der Waals surface area contributed by atoms with Crippen molar-refractivity contribution in [1.29, 1.82) is 0 Å². The van der Waals surface area contributed by atoms with Crippen molar-refractivity contribution < 1.29 is 44.6 Å². The van der Waals surface area contributed by atoms with E-state index in [9.17, 15) is 15.0 Å². The Balaban J connectivity index is 0.00000272. The van der Waals surface area contributed by atoms with Crippen molar-refractivity contribution in [3.63, 3.8) is 0 Å². The van der Waals surface area contributed by atoms with Gasteiger partial charge in [-0.25, -0.2) is 4.79 Å². The van der Waals surface area contributed by atoms with Gasteiger partial charge in [-0.3, -0.25) is 4.99 Å². The van der Waals surface area contributed by atoms with Gasteiger partial charge in [-0.05, 0) is 39.2 Å². The van der Waals surface area contributed by atoms with Crippen LogP contribution in [0.25, 0.3) is 21.5 Å². The van der Waals surface area contributed by atoms with Crippen LogP contribution >= 0.6 is 0 Å². The maximum Gasteiger partial charge on any atom is 1.00 e. The minimum absolute atomic E-state index is 0. The molecule has 0 radical (unpaired) electrons. The fourth-order valence-electron chi connectivity index (χ4n) is 3.34. The Kier molecular flexibility index (Phi) is 7.49. The first-order valence-corrected chi connectivity index (χ1v) is 9.54. The summed E-state index contributed by atoms with van der Waals surface area (Å²) in [4.78, 5) is 15.4. The summed E-state index contributed by atoms with van der Waals surface area (Å²) in [5, 5.41) is 25.9. The number of nitrogens with zero attached hydrogens (tertiary/aromatic N) is 1. The topological polar surface area (TPSA) is 72.7 Å². The number of hydrogen-bond acceptors (Lipinski definition) is 3. The van der Waals surface area contributed by atoms with Gasteiger partial charge in [-0.15, -0.1) is 0 Å². The van der Waals surface area contributed by atoms with Crippen molar-refractivity contribution in [1.82, 2.24) is 0 Å². The second-order valence-electron chi connectivity index (χ2n) is 6.99. The summed E-state index contributed by atoms with van der Waals surface area (Å²) in [6, 6.07) is 25.9. The fraction of sp³-hybridized carbons (Fsp3) is 0.0769. The number of fused-ring (bicyclic) bond motifs is 2. The van der Waals surface area contributed by atoms with E-state index in [2.05, 4.69) is 16.8 Å². The molecular weight excluding hydrogens is 397 g/mol. The maximum absolute atomic E-state index is 12.2. The third kappa shape index (κ3) is 5.74. The molecule has 0 aliphatic rings. The van der Waals surface area contributed by atoms with Gasteiger partial charge in [0.25, 0.3) is 0 Å². The van der Waals surface area contributed by atoms with E-state index in [0.29, 0.717) is 5.56 Å². The van der Waals surface area contributed by atoms with Gasteiger partial charge in [0, 0.05) is 17.9 Å². The summed E-state index contributed by atoms with van der Waals surface area (Å²) in [7, 11) is 0. The third-order valence-electron chi connectivity index (χ3n) is 4.86. The Morgan fingerprint density at radius 3 is 2.10 bits per heavy atom. The van der Waals surface area contributed by atoms with Crippen molar-refractivity contribution >= 4 is 33.4 Å². The van der Waals surface area contributed by atoms with E-state index in [-0.39, 0.29) is 36.0 Å². The second kappa shape index (κ2) is 10.3. The van der Waals surface area contributed by atoms with Crippen molar-refractivity contribution in [3.05, 3.63) is 96.1 Å². The molecule has 146 valence electrons. The Labute approximate surface area is 202 Å². The van der Waals surface area contributed by atoms with E-state index in [4.69, 9.17) is 0 Å². The normalized spacial score (nSPS) is 11.9. The summed E-state index contributed by atoms with van der Waals surface area (Å²) in [5.74, 6) is 3.34. The first-order valence-electron chi connectivity index (χ1n) is 9.54. The van der Waals surface area contributed by atoms with E-state index >= 15 is 0 Å². The van der Waals surface area contributed by atoms with Crippen LogP contribution in [0.3, 0.4) is 0 Å². The number of aliphatic imine (C=N–C) groups is 1. The molecule has 4 aromatic rings. The molecule has 0 heterocycles. The monoisotopic (exact) mass is 415 g/mol. The molecule has 1 atom stereocenters. The van der Waals surface area contributed by atoms with Crippen LogP contribution in [0, 0.1) is 11.8 Å². The smallest absolute Gasteiger partial charge is 0.853 e. The largest absolute Gasteiger partial charge is 1.00 e. The summed E-state index contributed by atoms with van der Waals surface area (Å²) >= 11 is 0. The minimum atomic E-state index is -1.18. The van der Waals surface area contributed by atoms with E-state index in [1.807, 2.05) is 84.9 Å². The van der Waals surface area contributed by atoms with Crippen molar-refractivity contribution in [3.8, 4) is 11.8 Å². The molecule has 1 N–H and O–H groups in total. The van der Waals surface area contributed by atoms with Gasteiger partial charge < -0.3 is 10.2 Å². The van der Waals surface area contributed by atoms with Crippen LogP contribution in [0.4, 0.5) is 0 Å². The summed E-state index contributed by atoms with van der Waals surface area (Å²) in [6.45, 7) is 0. The van der Waals surface area contributed by atoms with Crippen LogP contribution in [-0.4, -0.2) is 23.0 Å². The van der Waals surface area contributed by atoms with Crippen molar-refractivity contribution in [2.75, 3.05) is 0 Å². The van der Waals surface area contributed by atoms with Crippen LogP contribution in [-0.2, 0) is 11.2 Å². The van der Waals surface area contributed by atoms with Crippen molar-refractivity contribution in [2.45, 2.75) is 12.5 Å². The number of hydrogen-bond donors (Lipinski definition) is 1. The first-order chi connectivity index (χ1) is 14.6. The van der Waals surface area contributed by atoms with Gasteiger partial charge >= 0.3 is 35.5 Å². The van der Waals surface area contributed by atoms with Crippen LogP contribution in [0.15, 0.2) is 89.9 Å².